The van der Waals surface area contributed by atoms with Crippen molar-refractivity contribution in [3.63, 3.8) is 0 Å². The highest BCUT2D eigenvalue weighted by atomic mass is 35.5. The molecule has 0 saturated heterocycles. The number of halogens is 1. The third kappa shape index (κ3) is 3.30. The van der Waals surface area contributed by atoms with Crippen LogP contribution in [0.15, 0.2) is 18.5 Å². The van der Waals surface area contributed by atoms with Gasteiger partial charge in [0.1, 0.15) is 0 Å². The molecule has 0 aromatic carbocycles. The van der Waals surface area contributed by atoms with Crippen LogP contribution in [-0.4, -0.2) is 42.0 Å². The number of nitrogens with one attached hydrogen (secondary N) is 1. The van der Waals surface area contributed by atoms with Gasteiger partial charge in [-0.1, -0.05) is 30.9 Å². The first kappa shape index (κ1) is 15.3. The molecule has 2 rings (SSSR count). The lowest BCUT2D eigenvalue weighted by molar-refractivity contribution is 0.0799. The van der Waals surface area contributed by atoms with E-state index in [0.717, 1.165) is 12.8 Å². The fourth-order valence-corrected chi connectivity index (χ4v) is 3.10. The fourth-order valence-electron chi connectivity index (χ4n) is 2.89. The molecule has 1 aliphatic rings. The first-order valence-electron chi connectivity index (χ1n) is 7.10. The van der Waals surface area contributed by atoms with Crippen molar-refractivity contribution >= 4 is 17.5 Å². The Hall–Kier alpha value is -1.13. The highest BCUT2D eigenvalue weighted by Gasteiger charge is 2.34. The van der Waals surface area contributed by atoms with Crippen LogP contribution in [0.1, 0.15) is 42.5 Å². The fraction of sp³-hybridized carbons (Fsp3) is 0.600. The van der Waals surface area contributed by atoms with Crippen molar-refractivity contribution < 1.29 is 4.79 Å². The average Bonchev–Trinajstić information content (AvgIpc) is 2.46. The van der Waals surface area contributed by atoms with Gasteiger partial charge < -0.3 is 10.2 Å². The van der Waals surface area contributed by atoms with E-state index in [0.29, 0.717) is 17.1 Å². The molecule has 1 aromatic heterocycles. The summed E-state index contributed by atoms with van der Waals surface area (Å²) in [4.78, 5) is 18.4. The SMILES string of the molecule is CN(C)C1(CNC(=O)c2ccncc2Cl)CCCCC1. The van der Waals surface area contributed by atoms with Crippen LogP contribution in [0.5, 0.6) is 0 Å². The van der Waals surface area contributed by atoms with Crippen LogP contribution in [0.2, 0.25) is 5.02 Å². The highest BCUT2D eigenvalue weighted by molar-refractivity contribution is 6.33. The monoisotopic (exact) mass is 295 g/mol. The summed E-state index contributed by atoms with van der Waals surface area (Å²) in [5.74, 6) is -0.121. The molecule has 0 unspecified atom stereocenters. The van der Waals surface area contributed by atoms with Crippen LogP contribution < -0.4 is 5.32 Å². The number of nitrogens with zero attached hydrogens (tertiary/aromatic N) is 2. The summed E-state index contributed by atoms with van der Waals surface area (Å²) < 4.78 is 0. The van der Waals surface area contributed by atoms with Gasteiger partial charge in [0, 0.05) is 24.5 Å². The Labute approximate surface area is 125 Å². The molecule has 0 spiro atoms. The Kier molecular flexibility index (Phi) is 5.00. The minimum atomic E-state index is -0.121. The van der Waals surface area contributed by atoms with E-state index in [9.17, 15) is 4.79 Å². The molecular weight excluding hydrogens is 274 g/mol. The minimum absolute atomic E-state index is 0.0768. The molecule has 1 fully saturated rings. The van der Waals surface area contributed by atoms with Crippen LogP contribution in [0.3, 0.4) is 0 Å². The van der Waals surface area contributed by atoms with Crippen molar-refractivity contribution in [1.29, 1.82) is 0 Å². The van der Waals surface area contributed by atoms with E-state index in [1.165, 1.54) is 25.5 Å². The molecule has 20 heavy (non-hydrogen) atoms. The first-order chi connectivity index (χ1) is 9.55. The Bertz CT molecular complexity index is 470. The normalized spacial score (nSPS) is 18.0. The van der Waals surface area contributed by atoms with E-state index < -0.39 is 0 Å². The highest BCUT2D eigenvalue weighted by Crippen LogP contribution is 2.31. The average molecular weight is 296 g/mol. The maximum absolute atomic E-state index is 12.2. The zero-order valence-electron chi connectivity index (χ0n) is 12.2. The maximum atomic E-state index is 12.2. The van der Waals surface area contributed by atoms with E-state index in [4.69, 9.17) is 11.6 Å². The smallest absolute Gasteiger partial charge is 0.252 e. The second kappa shape index (κ2) is 6.55. The summed E-state index contributed by atoms with van der Waals surface area (Å²) in [6.45, 7) is 0.664. The summed E-state index contributed by atoms with van der Waals surface area (Å²) in [7, 11) is 4.19. The molecule has 5 heteroatoms. The van der Waals surface area contributed by atoms with Crippen LogP contribution >= 0.6 is 11.6 Å². The Morgan fingerprint density at radius 1 is 1.40 bits per heavy atom. The Morgan fingerprint density at radius 2 is 2.10 bits per heavy atom. The molecule has 4 nitrogen and oxygen atoms in total. The molecule has 1 saturated carbocycles. The zero-order chi connectivity index (χ0) is 14.6. The summed E-state index contributed by atoms with van der Waals surface area (Å²) >= 11 is 6.00. The summed E-state index contributed by atoms with van der Waals surface area (Å²) in [6, 6.07) is 1.65. The van der Waals surface area contributed by atoms with Crippen molar-refractivity contribution in [1.82, 2.24) is 15.2 Å². The van der Waals surface area contributed by atoms with E-state index in [1.807, 2.05) is 0 Å². The van der Waals surface area contributed by atoms with Gasteiger partial charge in [0.05, 0.1) is 10.6 Å². The van der Waals surface area contributed by atoms with Gasteiger partial charge in [0.2, 0.25) is 0 Å². The molecule has 1 heterocycles. The van der Waals surface area contributed by atoms with Crippen LogP contribution in [-0.2, 0) is 0 Å². The van der Waals surface area contributed by atoms with Crippen LogP contribution in [0.4, 0.5) is 0 Å². The van der Waals surface area contributed by atoms with Gasteiger partial charge in [-0.15, -0.1) is 0 Å². The quantitative estimate of drug-likeness (QED) is 0.929. The molecule has 0 radical (unpaired) electrons. The summed E-state index contributed by atoms with van der Waals surface area (Å²) in [6.07, 6.45) is 9.09. The van der Waals surface area contributed by atoms with Gasteiger partial charge in [0.25, 0.3) is 5.91 Å². The number of aromatic nitrogens is 1. The molecule has 0 aliphatic heterocycles. The Balaban J connectivity index is 2.03. The van der Waals surface area contributed by atoms with E-state index >= 15 is 0 Å². The lowest BCUT2D eigenvalue weighted by atomic mass is 9.80. The number of hydrogen-bond acceptors (Lipinski definition) is 3. The molecule has 0 atom stereocenters. The number of likely N-dealkylation sites (N-methyl/N-ethyl adjacent to an activating group) is 1. The number of carbonyl (C=O) groups is 1. The van der Waals surface area contributed by atoms with Gasteiger partial charge in [-0.05, 0) is 33.0 Å². The molecule has 0 bridgehead atoms. The second-order valence-electron chi connectivity index (χ2n) is 5.72. The van der Waals surface area contributed by atoms with Gasteiger partial charge >= 0.3 is 0 Å². The number of pyridine rings is 1. The van der Waals surface area contributed by atoms with E-state index in [1.54, 1.807) is 12.3 Å². The number of rotatable bonds is 4. The lowest BCUT2D eigenvalue weighted by Crippen LogP contribution is -2.53. The summed E-state index contributed by atoms with van der Waals surface area (Å²) in [5.41, 5.74) is 0.569. The van der Waals surface area contributed by atoms with Gasteiger partial charge in [-0.2, -0.15) is 0 Å². The van der Waals surface area contributed by atoms with E-state index in [2.05, 4.69) is 29.3 Å². The van der Waals surface area contributed by atoms with Crippen molar-refractivity contribution in [3.8, 4) is 0 Å². The van der Waals surface area contributed by atoms with Gasteiger partial charge in [0.15, 0.2) is 0 Å². The number of carbonyl (C=O) groups excluding carboxylic acids is 1. The van der Waals surface area contributed by atoms with Crippen molar-refractivity contribution in [2.75, 3.05) is 20.6 Å². The van der Waals surface area contributed by atoms with Crippen molar-refractivity contribution in [2.24, 2.45) is 0 Å². The molecule has 1 aromatic rings. The molecule has 1 N–H and O–H groups in total. The van der Waals surface area contributed by atoms with E-state index in [-0.39, 0.29) is 11.4 Å². The number of hydrogen-bond donors (Lipinski definition) is 1. The predicted molar refractivity (Wildman–Crippen MR) is 81.1 cm³/mol. The lowest BCUT2D eigenvalue weighted by Gasteiger charge is -2.43. The van der Waals surface area contributed by atoms with Crippen LogP contribution in [0.25, 0.3) is 0 Å². The topological polar surface area (TPSA) is 45.2 Å². The third-order valence-electron chi connectivity index (χ3n) is 4.33. The second-order valence-corrected chi connectivity index (χ2v) is 6.12. The van der Waals surface area contributed by atoms with Gasteiger partial charge in [-0.3, -0.25) is 9.78 Å². The molecule has 1 aliphatic carbocycles. The zero-order valence-corrected chi connectivity index (χ0v) is 12.9. The number of amides is 1. The summed E-state index contributed by atoms with van der Waals surface area (Å²) in [5, 5.41) is 3.43. The molecule has 110 valence electrons. The Morgan fingerprint density at radius 3 is 2.70 bits per heavy atom. The standard InChI is InChI=1S/C15H22ClN3O/c1-19(2)15(7-4-3-5-8-15)11-18-14(20)12-6-9-17-10-13(12)16/h6,9-10H,3-5,7-8,11H2,1-2H3,(H,18,20). The first-order valence-corrected chi connectivity index (χ1v) is 7.48. The van der Waals surface area contributed by atoms with Gasteiger partial charge in [-0.25, -0.2) is 0 Å². The third-order valence-corrected chi connectivity index (χ3v) is 4.63. The van der Waals surface area contributed by atoms with Crippen molar-refractivity contribution in [2.45, 2.75) is 37.6 Å². The van der Waals surface area contributed by atoms with Crippen LogP contribution in [0, 0.1) is 0 Å². The minimum Gasteiger partial charge on any atom is -0.350 e. The molecule has 1 amide bonds. The molecular formula is C15H22ClN3O. The maximum Gasteiger partial charge on any atom is 0.252 e. The predicted octanol–water partition coefficient (Wildman–Crippen LogP) is 2.73. The van der Waals surface area contributed by atoms with Crippen molar-refractivity contribution in [3.05, 3.63) is 29.0 Å². The largest absolute Gasteiger partial charge is 0.350 e.